The number of nitrogens with zero attached hydrogens (tertiary/aromatic N) is 2. The van der Waals surface area contributed by atoms with Crippen LogP contribution in [-0.2, 0) is 14.1 Å². The summed E-state index contributed by atoms with van der Waals surface area (Å²) < 4.78 is 4.57. The van der Waals surface area contributed by atoms with Crippen molar-refractivity contribution in [2.75, 3.05) is 0 Å². The molecule has 0 spiro atoms. The molecular formula is C21H18IN3. The van der Waals surface area contributed by atoms with Crippen molar-refractivity contribution >= 4 is 43.6 Å². The second kappa shape index (κ2) is 5.59. The van der Waals surface area contributed by atoms with Gasteiger partial charge in [0.25, 0.3) is 0 Å². The molecular weight excluding hydrogens is 421 g/mol. The van der Waals surface area contributed by atoms with E-state index in [1.165, 1.54) is 38.1 Å². The Labute approximate surface area is 162 Å². The third kappa shape index (κ3) is 2.07. The Kier molecular flexibility index (Phi) is 3.61. The van der Waals surface area contributed by atoms with Gasteiger partial charge in [0.2, 0.25) is 0 Å². The number of nitrogens with two attached hydrogens (primary N) is 1. The Bertz CT molecular complexity index is 1340. The summed E-state index contributed by atoms with van der Waals surface area (Å²) in [6.07, 6.45) is 0. The summed E-state index contributed by atoms with van der Waals surface area (Å²) >= 11 is 0. The number of benzene rings is 3. The molecule has 3 aromatic carbocycles. The van der Waals surface area contributed by atoms with Crippen LogP contribution in [0.5, 0.6) is 0 Å². The molecule has 2 N–H and O–H groups in total. The van der Waals surface area contributed by atoms with Crippen LogP contribution in [0, 0.1) is 0 Å². The lowest BCUT2D eigenvalue weighted by Gasteiger charge is -2.20. The zero-order valence-corrected chi connectivity index (χ0v) is 16.3. The number of halogens is 1. The predicted octanol–water partition coefficient (Wildman–Crippen LogP) is -0.360. The van der Waals surface area contributed by atoms with Gasteiger partial charge in [-0.25, -0.2) is 0 Å². The molecule has 2 heterocycles. The molecule has 0 atom stereocenters. The van der Waals surface area contributed by atoms with Gasteiger partial charge >= 0.3 is 0 Å². The van der Waals surface area contributed by atoms with E-state index in [9.17, 15) is 0 Å². The van der Waals surface area contributed by atoms with Crippen LogP contribution in [0.2, 0.25) is 0 Å². The molecule has 0 fully saturated rings. The van der Waals surface area contributed by atoms with Gasteiger partial charge in [0, 0.05) is 42.4 Å². The highest BCUT2D eigenvalue weighted by molar-refractivity contribution is 6.24. The first-order valence-electron chi connectivity index (χ1n) is 8.14. The Morgan fingerprint density at radius 1 is 0.680 bits per heavy atom. The number of para-hydroxylation sites is 1. The second-order valence-electron chi connectivity index (χ2n) is 6.46. The van der Waals surface area contributed by atoms with Gasteiger partial charge in [0.1, 0.15) is 0 Å². The van der Waals surface area contributed by atoms with Crippen molar-refractivity contribution in [3.63, 3.8) is 0 Å². The van der Waals surface area contributed by atoms with Crippen molar-refractivity contribution < 1.29 is 29.4 Å². The molecule has 0 aliphatic carbocycles. The summed E-state index contributed by atoms with van der Waals surface area (Å²) in [6, 6.07) is 21.3. The number of fused-ring (bicyclic) bond motifs is 4. The molecule has 0 aliphatic rings. The molecule has 5 rings (SSSR count). The van der Waals surface area contributed by atoms with Crippen molar-refractivity contribution in [3.05, 3.63) is 66.0 Å². The van der Waals surface area contributed by atoms with Crippen LogP contribution in [0.25, 0.3) is 43.6 Å². The largest absolute Gasteiger partial charge is 1.00 e. The van der Waals surface area contributed by atoms with Gasteiger partial charge in [-0.2, -0.15) is 0 Å². The van der Waals surface area contributed by atoms with E-state index in [1.54, 1.807) is 0 Å². The molecule has 2 aromatic heterocycles. The maximum atomic E-state index is 6.07. The molecule has 3 nitrogen and oxygen atoms in total. The highest BCUT2D eigenvalue weighted by Crippen LogP contribution is 2.36. The monoisotopic (exact) mass is 439 g/mol. The Morgan fingerprint density at radius 2 is 1.40 bits per heavy atom. The van der Waals surface area contributed by atoms with Crippen LogP contribution in [-0.4, -0.2) is 9.13 Å². The highest BCUT2D eigenvalue weighted by atomic mass is 127. The lowest BCUT2D eigenvalue weighted by Crippen LogP contribution is -3.00. The molecule has 0 amide bonds. The molecule has 4 heteroatoms. The molecule has 0 radical (unpaired) electrons. The van der Waals surface area contributed by atoms with Crippen LogP contribution in [0.15, 0.2) is 60.7 Å². The van der Waals surface area contributed by atoms with Crippen LogP contribution in [0.3, 0.4) is 0 Å². The summed E-state index contributed by atoms with van der Waals surface area (Å²) in [4.78, 5) is 0. The van der Waals surface area contributed by atoms with E-state index in [0.717, 1.165) is 10.9 Å². The van der Waals surface area contributed by atoms with E-state index >= 15 is 0 Å². The first-order valence-corrected chi connectivity index (χ1v) is 8.14. The molecule has 124 valence electrons. The molecule has 25 heavy (non-hydrogen) atoms. The van der Waals surface area contributed by atoms with Crippen molar-refractivity contribution in [2.24, 2.45) is 14.1 Å². The number of pyridine rings is 2. The van der Waals surface area contributed by atoms with Crippen molar-refractivity contribution in [1.82, 2.24) is 9.13 Å². The fourth-order valence-electron chi connectivity index (χ4n) is 4.05. The van der Waals surface area contributed by atoms with Crippen molar-refractivity contribution in [2.45, 2.75) is 0 Å². The molecule has 0 saturated carbocycles. The summed E-state index contributed by atoms with van der Waals surface area (Å²) in [5.74, 6) is 0. The summed E-state index contributed by atoms with van der Waals surface area (Å²) in [5.41, 5.74) is 4.90. The SMILES string of the molecule is Cn1c2ccccc2c2c3c(cccc31)c1ccc(=[NH2+])cc1n2C.[I-]. The molecule has 0 aliphatic heterocycles. The van der Waals surface area contributed by atoms with E-state index in [4.69, 9.17) is 5.41 Å². The van der Waals surface area contributed by atoms with Gasteiger partial charge in [-0.3, -0.25) is 5.41 Å². The summed E-state index contributed by atoms with van der Waals surface area (Å²) in [5, 5.41) is 11.9. The fraction of sp³-hybridized carbons (Fsp3) is 0.0952. The van der Waals surface area contributed by atoms with Gasteiger partial charge in [-0.05, 0) is 23.6 Å². The van der Waals surface area contributed by atoms with Crippen LogP contribution >= 0.6 is 0 Å². The van der Waals surface area contributed by atoms with Crippen molar-refractivity contribution in [3.8, 4) is 0 Å². The molecule has 0 unspecified atom stereocenters. The topological polar surface area (TPSA) is 35.5 Å². The van der Waals surface area contributed by atoms with Crippen LogP contribution in [0.4, 0.5) is 0 Å². The van der Waals surface area contributed by atoms with Gasteiger partial charge in [-0.1, -0.05) is 30.3 Å². The zero-order chi connectivity index (χ0) is 16.4. The summed E-state index contributed by atoms with van der Waals surface area (Å²) in [7, 11) is 4.28. The minimum atomic E-state index is 0. The molecule has 0 saturated heterocycles. The normalized spacial score (nSPS) is 11.4. The van der Waals surface area contributed by atoms with E-state index in [2.05, 4.69) is 77.8 Å². The number of rotatable bonds is 0. The fourth-order valence-corrected chi connectivity index (χ4v) is 4.05. The van der Waals surface area contributed by atoms with Crippen LogP contribution < -0.4 is 34.7 Å². The Morgan fingerprint density at radius 3 is 2.24 bits per heavy atom. The van der Waals surface area contributed by atoms with Gasteiger partial charge in [0.05, 0.1) is 22.1 Å². The van der Waals surface area contributed by atoms with Gasteiger partial charge < -0.3 is 33.1 Å². The van der Waals surface area contributed by atoms with E-state index in [1.807, 2.05) is 6.07 Å². The number of hydrogen-bond donors (Lipinski definition) is 1. The lowest BCUT2D eigenvalue weighted by molar-refractivity contribution is -0.172. The number of aromatic nitrogens is 2. The Hall–Kier alpha value is -2.34. The third-order valence-electron chi connectivity index (χ3n) is 5.17. The zero-order valence-electron chi connectivity index (χ0n) is 14.1. The third-order valence-corrected chi connectivity index (χ3v) is 5.17. The molecule has 5 aromatic rings. The smallest absolute Gasteiger partial charge is 0.198 e. The van der Waals surface area contributed by atoms with Gasteiger partial charge in [-0.15, -0.1) is 0 Å². The van der Waals surface area contributed by atoms with Crippen molar-refractivity contribution in [1.29, 1.82) is 0 Å². The maximum Gasteiger partial charge on any atom is 0.198 e. The molecule has 0 bridgehead atoms. The van der Waals surface area contributed by atoms with Gasteiger partial charge in [0.15, 0.2) is 5.36 Å². The standard InChI is InChI=1S/C21H17N3.HI/c1-23-17-8-4-3-6-16(17)21-20-15(7-5-9-18(20)23)14-11-10-13(22)12-19(14)24(21)2;/h3-12,22H,1-2H3;1H. The predicted molar refractivity (Wildman–Crippen MR) is 99.5 cm³/mol. The highest BCUT2D eigenvalue weighted by Gasteiger charge is 2.15. The average molecular weight is 439 g/mol. The maximum absolute atomic E-state index is 6.07. The minimum Gasteiger partial charge on any atom is -1.00 e. The summed E-state index contributed by atoms with van der Waals surface area (Å²) in [6.45, 7) is 0. The Balaban J connectivity index is 0.00000157. The number of aryl methyl sites for hydroxylation is 2. The van der Waals surface area contributed by atoms with E-state index in [0.29, 0.717) is 0 Å². The first kappa shape index (κ1) is 16.1. The quantitative estimate of drug-likeness (QED) is 0.195. The average Bonchev–Trinajstić information content (AvgIpc) is 2.61. The first-order chi connectivity index (χ1) is 11.7. The number of hydrogen-bond acceptors (Lipinski definition) is 0. The van der Waals surface area contributed by atoms with E-state index < -0.39 is 0 Å². The second-order valence-corrected chi connectivity index (χ2v) is 6.46. The van der Waals surface area contributed by atoms with E-state index in [-0.39, 0.29) is 24.0 Å². The minimum absolute atomic E-state index is 0. The van der Waals surface area contributed by atoms with Crippen LogP contribution in [0.1, 0.15) is 0 Å². The lowest BCUT2D eigenvalue weighted by atomic mass is 9.99.